The second-order valence-corrected chi connectivity index (χ2v) is 5.51. The molecule has 124 valence electrons. The molecule has 2 rings (SSSR count). The molecule has 0 aliphatic heterocycles. The highest BCUT2D eigenvalue weighted by atomic mass is 16.5. The molecule has 0 aliphatic rings. The molecular weight excluding hydrogens is 290 g/mol. The van der Waals surface area contributed by atoms with E-state index >= 15 is 0 Å². The third kappa shape index (κ3) is 4.60. The molecule has 2 aromatic rings. The average molecular weight is 315 g/mol. The van der Waals surface area contributed by atoms with E-state index in [0.29, 0.717) is 6.61 Å². The van der Waals surface area contributed by atoms with Crippen LogP contribution >= 0.6 is 0 Å². The predicted molar refractivity (Wildman–Crippen MR) is 94.9 cm³/mol. The third-order valence-corrected chi connectivity index (χ3v) is 3.55. The van der Waals surface area contributed by atoms with Gasteiger partial charge in [0, 0.05) is 44.2 Å². The number of methoxy groups -OCH3 is 1. The first-order valence-corrected chi connectivity index (χ1v) is 7.74. The van der Waals surface area contributed by atoms with Crippen molar-refractivity contribution in [3.8, 4) is 5.75 Å². The maximum absolute atomic E-state index is 5.55. The summed E-state index contributed by atoms with van der Waals surface area (Å²) >= 11 is 0. The van der Waals surface area contributed by atoms with Gasteiger partial charge in [-0.25, -0.2) is 0 Å². The molecule has 0 aliphatic carbocycles. The van der Waals surface area contributed by atoms with Crippen LogP contribution in [-0.4, -0.2) is 32.8 Å². The van der Waals surface area contributed by atoms with E-state index in [0.717, 1.165) is 28.5 Å². The van der Waals surface area contributed by atoms with Crippen molar-refractivity contribution in [1.82, 2.24) is 4.98 Å². The molecule has 1 atom stereocenters. The van der Waals surface area contributed by atoms with Crippen molar-refractivity contribution in [2.75, 3.05) is 38.0 Å². The Morgan fingerprint density at radius 3 is 2.52 bits per heavy atom. The lowest BCUT2D eigenvalue weighted by atomic mass is 10.2. The summed E-state index contributed by atoms with van der Waals surface area (Å²) in [4.78, 5) is 6.50. The van der Waals surface area contributed by atoms with Crippen LogP contribution in [0.1, 0.15) is 25.6 Å². The maximum atomic E-state index is 5.55. The molecule has 1 N–H and O–H groups in total. The fourth-order valence-corrected chi connectivity index (χ4v) is 2.25. The van der Waals surface area contributed by atoms with E-state index in [1.54, 1.807) is 7.11 Å². The van der Waals surface area contributed by atoms with Crippen molar-refractivity contribution in [1.29, 1.82) is 0 Å². The Hall–Kier alpha value is -2.27. The van der Waals surface area contributed by atoms with E-state index < -0.39 is 0 Å². The SMILES string of the molecule is CCOC(C)c1ccc(Nc2cc(OC)cc(N(C)C)c2)cn1. The molecule has 0 radical (unpaired) electrons. The number of anilines is 3. The molecule has 0 fully saturated rings. The summed E-state index contributed by atoms with van der Waals surface area (Å²) < 4.78 is 10.9. The van der Waals surface area contributed by atoms with E-state index in [1.165, 1.54) is 0 Å². The van der Waals surface area contributed by atoms with Crippen molar-refractivity contribution < 1.29 is 9.47 Å². The van der Waals surface area contributed by atoms with E-state index in [4.69, 9.17) is 9.47 Å². The summed E-state index contributed by atoms with van der Waals surface area (Å²) in [6.07, 6.45) is 1.82. The normalized spacial score (nSPS) is 11.9. The molecule has 0 saturated carbocycles. The minimum absolute atomic E-state index is 0.00575. The summed E-state index contributed by atoms with van der Waals surface area (Å²) in [5.74, 6) is 0.813. The molecule has 1 aromatic heterocycles. The standard InChI is InChI=1S/C18H25N3O2/c1-6-23-13(2)18-8-7-14(12-19-18)20-15-9-16(21(3)4)11-17(10-15)22-5/h7-13,20H,6H2,1-5H3. The highest BCUT2D eigenvalue weighted by molar-refractivity contribution is 5.67. The molecule has 0 spiro atoms. The van der Waals surface area contributed by atoms with Gasteiger partial charge in [-0.1, -0.05) is 0 Å². The minimum Gasteiger partial charge on any atom is -0.497 e. The van der Waals surface area contributed by atoms with Gasteiger partial charge in [0.15, 0.2) is 0 Å². The van der Waals surface area contributed by atoms with Crippen LogP contribution in [0.15, 0.2) is 36.5 Å². The number of hydrogen-bond donors (Lipinski definition) is 1. The van der Waals surface area contributed by atoms with Crippen molar-refractivity contribution in [3.05, 3.63) is 42.2 Å². The van der Waals surface area contributed by atoms with Gasteiger partial charge in [0.05, 0.1) is 30.8 Å². The van der Waals surface area contributed by atoms with Crippen molar-refractivity contribution in [3.63, 3.8) is 0 Å². The van der Waals surface area contributed by atoms with Crippen molar-refractivity contribution in [2.24, 2.45) is 0 Å². The van der Waals surface area contributed by atoms with E-state index in [-0.39, 0.29) is 6.10 Å². The smallest absolute Gasteiger partial charge is 0.122 e. The molecule has 5 heteroatoms. The number of pyridine rings is 1. The summed E-state index contributed by atoms with van der Waals surface area (Å²) in [5.41, 5.74) is 3.88. The van der Waals surface area contributed by atoms with Gasteiger partial charge in [0.25, 0.3) is 0 Å². The predicted octanol–water partition coefficient (Wildman–Crippen LogP) is 4.00. The molecule has 0 amide bonds. The first-order valence-electron chi connectivity index (χ1n) is 7.74. The topological polar surface area (TPSA) is 46.6 Å². The molecule has 1 aromatic carbocycles. The highest BCUT2D eigenvalue weighted by Crippen LogP contribution is 2.28. The van der Waals surface area contributed by atoms with Crippen molar-refractivity contribution >= 4 is 17.1 Å². The second kappa shape index (κ2) is 7.83. The Morgan fingerprint density at radius 1 is 1.17 bits per heavy atom. The zero-order chi connectivity index (χ0) is 16.8. The van der Waals surface area contributed by atoms with Crippen LogP contribution in [0.4, 0.5) is 17.1 Å². The Morgan fingerprint density at radius 2 is 1.96 bits per heavy atom. The average Bonchev–Trinajstić information content (AvgIpc) is 2.55. The van der Waals surface area contributed by atoms with Gasteiger partial charge in [-0.2, -0.15) is 0 Å². The van der Waals surface area contributed by atoms with Gasteiger partial charge in [0.1, 0.15) is 5.75 Å². The summed E-state index contributed by atoms with van der Waals surface area (Å²) in [7, 11) is 5.68. The van der Waals surface area contributed by atoms with E-state index in [9.17, 15) is 0 Å². The van der Waals surface area contributed by atoms with Crippen LogP contribution in [0.3, 0.4) is 0 Å². The first kappa shape index (κ1) is 17.1. The molecule has 0 saturated heterocycles. The quantitative estimate of drug-likeness (QED) is 0.837. The maximum Gasteiger partial charge on any atom is 0.122 e. The number of hydrogen-bond acceptors (Lipinski definition) is 5. The Labute approximate surface area is 138 Å². The number of rotatable bonds is 7. The molecular formula is C18H25N3O2. The van der Waals surface area contributed by atoms with Crippen LogP contribution < -0.4 is 15.0 Å². The molecule has 5 nitrogen and oxygen atoms in total. The zero-order valence-electron chi connectivity index (χ0n) is 14.5. The zero-order valence-corrected chi connectivity index (χ0v) is 14.5. The number of nitrogens with one attached hydrogen (secondary N) is 1. The van der Waals surface area contributed by atoms with Gasteiger partial charge in [-0.3, -0.25) is 4.98 Å². The van der Waals surface area contributed by atoms with Crippen molar-refractivity contribution in [2.45, 2.75) is 20.0 Å². The number of ether oxygens (including phenoxy) is 2. The molecule has 1 heterocycles. The largest absolute Gasteiger partial charge is 0.497 e. The lowest BCUT2D eigenvalue weighted by molar-refractivity contribution is 0.0734. The minimum atomic E-state index is 0.00575. The van der Waals surface area contributed by atoms with E-state index in [2.05, 4.69) is 16.4 Å². The van der Waals surface area contributed by atoms with Gasteiger partial charge >= 0.3 is 0 Å². The van der Waals surface area contributed by atoms with Crippen LogP contribution in [0.25, 0.3) is 0 Å². The van der Waals surface area contributed by atoms with Gasteiger partial charge in [-0.15, -0.1) is 0 Å². The fourth-order valence-electron chi connectivity index (χ4n) is 2.25. The molecule has 1 unspecified atom stereocenters. The van der Waals surface area contributed by atoms with E-state index in [1.807, 2.05) is 63.3 Å². The first-order chi connectivity index (χ1) is 11.0. The lowest BCUT2D eigenvalue weighted by Crippen LogP contribution is -2.09. The Kier molecular flexibility index (Phi) is 5.82. The Bertz CT molecular complexity index is 627. The van der Waals surface area contributed by atoms with Gasteiger partial charge in [-0.05, 0) is 32.0 Å². The fraction of sp³-hybridized carbons (Fsp3) is 0.389. The number of nitrogens with zero attached hydrogens (tertiary/aromatic N) is 2. The molecule has 23 heavy (non-hydrogen) atoms. The monoisotopic (exact) mass is 315 g/mol. The van der Waals surface area contributed by atoms with Crippen LogP contribution in [0.5, 0.6) is 5.75 Å². The highest BCUT2D eigenvalue weighted by Gasteiger charge is 2.07. The summed E-state index contributed by atoms with van der Waals surface area (Å²) in [5, 5.41) is 3.36. The Balaban J connectivity index is 2.17. The molecule has 0 bridgehead atoms. The summed E-state index contributed by atoms with van der Waals surface area (Å²) in [6.45, 7) is 4.67. The van der Waals surface area contributed by atoms with Crippen LogP contribution in [0, 0.1) is 0 Å². The number of benzene rings is 1. The van der Waals surface area contributed by atoms with Gasteiger partial charge < -0.3 is 19.7 Å². The van der Waals surface area contributed by atoms with Crippen LogP contribution in [0.2, 0.25) is 0 Å². The van der Waals surface area contributed by atoms with Gasteiger partial charge in [0.2, 0.25) is 0 Å². The summed E-state index contributed by atoms with van der Waals surface area (Å²) in [6, 6.07) is 10.0. The lowest BCUT2D eigenvalue weighted by Gasteiger charge is -2.17. The van der Waals surface area contributed by atoms with Crippen LogP contribution in [-0.2, 0) is 4.74 Å². The second-order valence-electron chi connectivity index (χ2n) is 5.51. The third-order valence-electron chi connectivity index (χ3n) is 3.55. The number of aromatic nitrogens is 1.